The molecule has 1 aromatic heterocycles. The van der Waals surface area contributed by atoms with Gasteiger partial charge < -0.3 is 5.32 Å². The van der Waals surface area contributed by atoms with Crippen LogP contribution >= 0.6 is 11.3 Å². The van der Waals surface area contributed by atoms with E-state index >= 15 is 0 Å². The highest BCUT2D eigenvalue weighted by atomic mass is 32.1. The molecule has 86 valence electrons. The van der Waals surface area contributed by atoms with Gasteiger partial charge in [-0.1, -0.05) is 0 Å². The second-order valence-electron chi connectivity index (χ2n) is 3.41. The number of anilines is 1. The summed E-state index contributed by atoms with van der Waals surface area (Å²) in [4.78, 5) is 10.8. The van der Waals surface area contributed by atoms with Crippen molar-refractivity contribution >= 4 is 34.3 Å². The number of nitrogens with one attached hydrogen (secondary N) is 1. The molecule has 0 bridgehead atoms. The van der Waals surface area contributed by atoms with Crippen molar-refractivity contribution in [3.8, 4) is 0 Å². The van der Waals surface area contributed by atoms with Gasteiger partial charge in [-0.05, 0) is 35.7 Å². The lowest BCUT2D eigenvalue weighted by Crippen LogP contribution is -2.04. The first-order valence-electron chi connectivity index (χ1n) is 5.05. The summed E-state index contributed by atoms with van der Waals surface area (Å²) in [7, 11) is 0. The number of amides is 1. The zero-order valence-electron chi connectivity index (χ0n) is 9.25. The number of rotatable bonds is 3. The van der Waals surface area contributed by atoms with E-state index in [2.05, 4.69) is 15.5 Å². The van der Waals surface area contributed by atoms with E-state index in [0.29, 0.717) is 0 Å². The van der Waals surface area contributed by atoms with E-state index in [4.69, 9.17) is 0 Å². The lowest BCUT2D eigenvalue weighted by Gasteiger charge is -2.00. The maximum Gasteiger partial charge on any atom is 0.221 e. The molecular weight excluding hydrogens is 234 g/mol. The zero-order valence-corrected chi connectivity index (χ0v) is 10.1. The molecule has 0 aliphatic rings. The molecule has 0 saturated carbocycles. The van der Waals surface area contributed by atoms with Gasteiger partial charge in [-0.2, -0.15) is 16.5 Å². The van der Waals surface area contributed by atoms with E-state index in [-0.39, 0.29) is 5.91 Å². The molecule has 0 unspecified atom stereocenters. The van der Waals surface area contributed by atoms with Crippen molar-refractivity contribution in [2.45, 2.75) is 6.92 Å². The highest BCUT2D eigenvalue weighted by Crippen LogP contribution is 2.21. The summed E-state index contributed by atoms with van der Waals surface area (Å²) in [6, 6.07) is 9.11. The quantitative estimate of drug-likeness (QED) is 0.812. The monoisotopic (exact) mass is 245 g/mol. The third-order valence-electron chi connectivity index (χ3n) is 1.97. The fourth-order valence-electron chi connectivity index (χ4n) is 1.24. The number of hydrogen-bond acceptors (Lipinski definition) is 4. The molecule has 4 nitrogen and oxygen atoms in total. The third kappa shape index (κ3) is 3.49. The van der Waals surface area contributed by atoms with Crippen LogP contribution in [0, 0.1) is 0 Å². The second kappa shape index (κ2) is 5.36. The molecule has 1 amide bonds. The summed E-state index contributed by atoms with van der Waals surface area (Å²) in [6.45, 7) is 1.48. The molecule has 2 rings (SSSR count). The third-order valence-corrected chi connectivity index (χ3v) is 2.65. The Morgan fingerprint density at radius 1 is 1.12 bits per heavy atom. The lowest BCUT2D eigenvalue weighted by molar-refractivity contribution is -0.114. The Labute approximate surface area is 103 Å². The van der Waals surface area contributed by atoms with Crippen LogP contribution in [0.25, 0.3) is 0 Å². The van der Waals surface area contributed by atoms with Gasteiger partial charge in [0.15, 0.2) is 0 Å². The molecule has 0 radical (unpaired) electrons. The Hall–Kier alpha value is -2.01. The van der Waals surface area contributed by atoms with Crippen LogP contribution in [-0.2, 0) is 4.79 Å². The van der Waals surface area contributed by atoms with Gasteiger partial charge in [-0.3, -0.25) is 4.79 Å². The minimum Gasteiger partial charge on any atom is -0.326 e. The van der Waals surface area contributed by atoms with E-state index < -0.39 is 0 Å². The van der Waals surface area contributed by atoms with Crippen LogP contribution in [0.1, 0.15) is 6.92 Å². The van der Waals surface area contributed by atoms with Gasteiger partial charge in [-0.25, -0.2) is 0 Å². The molecule has 1 heterocycles. The number of nitrogens with zero attached hydrogens (tertiary/aromatic N) is 2. The minimum absolute atomic E-state index is 0.0855. The van der Waals surface area contributed by atoms with Crippen LogP contribution in [-0.4, -0.2) is 5.91 Å². The smallest absolute Gasteiger partial charge is 0.221 e. The largest absolute Gasteiger partial charge is 0.326 e. The van der Waals surface area contributed by atoms with E-state index in [1.54, 1.807) is 35.6 Å². The van der Waals surface area contributed by atoms with Crippen LogP contribution in [0.2, 0.25) is 0 Å². The molecule has 0 aliphatic carbocycles. The van der Waals surface area contributed by atoms with Gasteiger partial charge in [0.25, 0.3) is 0 Å². The maximum atomic E-state index is 10.8. The molecule has 17 heavy (non-hydrogen) atoms. The molecule has 0 spiro atoms. The molecule has 5 heteroatoms. The van der Waals surface area contributed by atoms with Gasteiger partial charge >= 0.3 is 0 Å². The van der Waals surface area contributed by atoms with Crippen molar-refractivity contribution in [2.24, 2.45) is 10.2 Å². The first-order chi connectivity index (χ1) is 8.24. The van der Waals surface area contributed by atoms with Gasteiger partial charge in [0.2, 0.25) is 5.91 Å². The molecule has 1 aromatic carbocycles. The molecule has 0 aliphatic heterocycles. The molecule has 1 N–H and O–H groups in total. The molecular formula is C12H11N3OS. The van der Waals surface area contributed by atoms with Crippen molar-refractivity contribution in [1.82, 2.24) is 0 Å². The molecule has 2 aromatic rings. The summed E-state index contributed by atoms with van der Waals surface area (Å²) in [6.07, 6.45) is 0. The summed E-state index contributed by atoms with van der Waals surface area (Å²) in [5.74, 6) is -0.0855. The van der Waals surface area contributed by atoms with E-state index in [9.17, 15) is 4.79 Å². The van der Waals surface area contributed by atoms with Gasteiger partial charge in [0.1, 0.15) is 0 Å². The topological polar surface area (TPSA) is 53.8 Å². The number of benzene rings is 1. The van der Waals surface area contributed by atoms with Crippen LogP contribution in [0.3, 0.4) is 0 Å². The summed E-state index contributed by atoms with van der Waals surface area (Å²) >= 11 is 1.58. The molecule has 0 atom stereocenters. The number of hydrogen-bond donors (Lipinski definition) is 1. The van der Waals surface area contributed by atoms with Crippen molar-refractivity contribution < 1.29 is 4.79 Å². The van der Waals surface area contributed by atoms with Crippen LogP contribution < -0.4 is 5.32 Å². The van der Waals surface area contributed by atoms with Crippen LogP contribution in [0.5, 0.6) is 0 Å². The number of azo groups is 1. The standard InChI is InChI=1S/C12H11N3OS/c1-9(16)13-10-2-4-11(5-3-10)14-15-12-6-7-17-8-12/h2-8H,1H3,(H,13,16). The normalized spacial score (nSPS) is 10.6. The number of carbonyl (C=O) groups excluding carboxylic acids is 1. The Kier molecular flexibility index (Phi) is 3.62. The number of carbonyl (C=O) groups is 1. The summed E-state index contributed by atoms with van der Waals surface area (Å²) in [5, 5.41) is 14.7. The van der Waals surface area contributed by atoms with Crippen molar-refractivity contribution in [1.29, 1.82) is 0 Å². The first kappa shape index (κ1) is 11.5. The van der Waals surface area contributed by atoms with Crippen LogP contribution in [0.15, 0.2) is 51.3 Å². The van der Waals surface area contributed by atoms with Crippen molar-refractivity contribution in [2.75, 3.05) is 5.32 Å². The lowest BCUT2D eigenvalue weighted by atomic mass is 10.3. The van der Waals surface area contributed by atoms with E-state index in [1.165, 1.54) is 6.92 Å². The van der Waals surface area contributed by atoms with Gasteiger partial charge in [-0.15, -0.1) is 5.11 Å². The predicted molar refractivity (Wildman–Crippen MR) is 69.2 cm³/mol. The van der Waals surface area contributed by atoms with Gasteiger partial charge in [0, 0.05) is 18.0 Å². The predicted octanol–water partition coefficient (Wildman–Crippen LogP) is 4.12. The van der Waals surface area contributed by atoms with Gasteiger partial charge in [0.05, 0.1) is 11.4 Å². The zero-order chi connectivity index (χ0) is 12.1. The van der Waals surface area contributed by atoms with E-state index in [1.807, 2.05) is 16.8 Å². The summed E-state index contributed by atoms with van der Waals surface area (Å²) < 4.78 is 0. The molecule has 0 saturated heterocycles. The maximum absolute atomic E-state index is 10.8. The second-order valence-corrected chi connectivity index (χ2v) is 4.19. The first-order valence-corrected chi connectivity index (χ1v) is 6.00. The van der Waals surface area contributed by atoms with Crippen molar-refractivity contribution in [3.63, 3.8) is 0 Å². The SMILES string of the molecule is CC(=O)Nc1ccc(N=Nc2ccsc2)cc1. The highest BCUT2D eigenvalue weighted by molar-refractivity contribution is 7.08. The Bertz CT molecular complexity index is 517. The van der Waals surface area contributed by atoms with Crippen molar-refractivity contribution in [3.05, 3.63) is 41.1 Å². The number of thiophene rings is 1. The highest BCUT2D eigenvalue weighted by Gasteiger charge is 1.95. The minimum atomic E-state index is -0.0855. The van der Waals surface area contributed by atoms with Crippen LogP contribution in [0.4, 0.5) is 17.1 Å². The fraction of sp³-hybridized carbons (Fsp3) is 0.0833. The average molecular weight is 245 g/mol. The Morgan fingerprint density at radius 2 is 1.82 bits per heavy atom. The Balaban J connectivity index is 2.05. The molecule has 0 fully saturated rings. The van der Waals surface area contributed by atoms with E-state index in [0.717, 1.165) is 17.1 Å². The average Bonchev–Trinajstić information content (AvgIpc) is 2.80. The summed E-state index contributed by atoms with van der Waals surface area (Å²) in [5.41, 5.74) is 2.36. The fourth-order valence-corrected chi connectivity index (χ4v) is 1.81. The Morgan fingerprint density at radius 3 is 2.41 bits per heavy atom.